The summed E-state index contributed by atoms with van der Waals surface area (Å²) in [6.07, 6.45) is 0.809. The van der Waals surface area contributed by atoms with Gasteiger partial charge in [0.05, 0.1) is 5.60 Å². The van der Waals surface area contributed by atoms with Gasteiger partial charge in [0.15, 0.2) is 5.96 Å². The van der Waals surface area contributed by atoms with Gasteiger partial charge >= 0.3 is 0 Å². The molecular weight excluding hydrogens is 405 g/mol. The Morgan fingerprint density at radius 3 is 2.65 bits per heavy atom. The number of hydrogen-bond donors (Lipinski definition) is 2. The van der Waals surface area contributed by atoms with Crippen molar-refractivity contribution in [2.24, 2.45) is 4.99 Å². The Hall–Kier alpha value is -1.28. The van der Waals surface area contributed by atoms with Crippen LogP contribution >= 0.6 is 24.0 Å². The number of halogens is 1. The number of rotatable bonds is 6. The first-order chi connectivity index (χ1) is 10.5. The van der Waals surface area contributed by atoms with Crippen molar-refractivity contribution >= 4 is 40.9 Å². The summed E-state index contributed by atoms with van der Waals surface area (Å²) >= 11 is 0. The van der Waals surface area contributed by atoms with E-state index in [-0.39, 0.29) is 29.6 Å². The minimum Gasteiger partial charge on any atom is -0.461 e. The SMILES string of the molecule is CN=C(NCCc1cc2ccccc2o1)NCC(C)(C)OC.I. The number of fused-ring (bicyclic) bond motifs is 1. The molecule has 5 nitrogen and oxygen atoms in total. The standard InChI is InChI=1S/C17H25N3O2.HI/c1-17(2,21-4)12-20-16(18-3)19-10-9-14-11-13-7-5-6-8-15(13)22-14;/h5-8,11H,9-10,12H2,1-4H3,(H2,18,19,20);1H. The zero-order valence-corrected chi connectivity index (χ0v) is 16.5. The smallest absolute Gasteiger partial charge is 0.191 e. The largest absolute Gasteiger partial charge is 0.461 e. The molecule has 6 heteroatoms. The lowest BCUT2D eigenvalue weighted by Gasteiger charge is -2.24. The molecule has 23 heavy (non-hydrogen) atoms. The first-order valence-corrected chi connectivity index (χ1v) is 7.51. The number of aliphatic imine (C=N–C) groups is 1. The van der Waals surface area contributed by atoms with Crippen LogP contribution in [-0.2, 0) is 11.2 Å². The number of methoxy groups -OCH3 is 1. The lowest BCUT2D eigenvalue weighted by molar-refractivity contribution is 0.0268. The molecule has 0 aliphatic heterocycles. The maximum atomic E-state index is 5.79. The number of hydrogen-bond acceptors (Lipinski definition) is 3. The van der Waals surface area contributed by atoms with E-state index in [9.17, 15) is 0 Å². The van der Waals surface area contributed by atoms with Crippen LogP contribution in [0.15, 0.2) is 39.7 Å². The first kappa shape index (κ1) is 19.8. The predicted molar refractivity (Wildman–Crippen MR) is 106 cm³/mol. The molecule has 0 aliphatic carbocycles. The average Bonchev–Trinajstić information content (AvgIpc) is 2.93. The molecule has 0 radical (unpaired) electrons. The zero-order valence-electron chi connectivity index (χ0n) is 14.2. The fraction of sp³-hybridized carbons (Fsp3) is 0.471. The van der Waals surface area contributed by atoms with Crippen molar-refractivity contribution in [1.29, 1.82) is 0 Å². The molecule has 2 aromatic rings. The van der Waals surface area contributed by atoms with Gasteiger partial charge in [-0.15, -0.1) is 24.0 Å². The summed E-state index contributed by atoms with van der Waals surface area (Å²) in [6.45, 7) is 5.50. The normalized spacial score (nSPS) is 12.1. The van der Waals surface area contributed by atoms with E-state index in [1.54, 1.807) is 14.2 Å². The summed E-state index contributed by atoms with van der Waals surface area (Å²) in [4.78, 5) is 4.21. The number of nitrogens with zero attached hydrogens (tertiary/aromatic N) is 1. The van der Waals surface area contributed by atoms with Crippen LogP contribution in [0.1, 0.15) is 19.6 Å². The summed E-state index contributed by atoms with van der Waals surface area (Å²) in [7, 11) is 3.47. The topological polar surface area (TPSA) is 58.8 Å². The van der Waals surface area contributed by atoms with Gasteiger partial charge in [-0.2, -0.15) is 0 Å². The van der Waals surface area contributed by atoms with Gasteiger partial charge in [0, 0.05) is 39.1 Å². The Labute approximate surface area is 154 Å². The van der Waals surface area contributed by atoms with Crippen molar-refractivity contribution in [3.8, 4) is 0 Å². The Morgan fingerprint density at radius 1 is 1.26 bits per heavy atom. The molecule has 1 aromatic heterocycles. The van der Waals surface area contributed by atoms with Gasteiger partial charge in [0.1, 0.15) is 11.3 Å². The number of nitrogens with one attached hydrogen (secondary N) is 2. The Morgan fingerprint density at radius 2 is 2.00 bits per heavy atom. The van der Waals surface area contributed by atoms with Crippen molar-refractivity contribution in [2.75, 3.05) is 27.2 Å². The fourth-order valence-electron chi connectivity index (χ4n) is 2.05. The highest BCUT2D eigenvalue weighted by Crippen LogP contribution is 2.18. The van der Waals surface area contributed by atoms with E-state index in [0.717, 1.165) is 35.7 Å². The predicted octanol–water partition coefficient (Wildman–Crippen LogP) is 3.18. The third-order valence-electron chi connectivity index (χ3n) is 3.60. The van der Waals surface area contributed by atoms with Gasteiger partial charge in [-0.05, 0) is 26.0 Å². The summed E-state index contributed by atoms with van der Waals surface area (Å²) in [5.74, 6) is 1.74. The average molecular weight is 431 g/mol. The number of para-hydroxylation sites is 1. The zero-order chi connectivity index (χ0) is 16.0. The first-order valence-electron chi connectivity index (χ1n) is 7.51. The Bertz CT molecular complexity index is 605. The van der Waals surface area contributed by atoms with Gasteiger partial charge < -0.3 is 19.8 Å². The molecule has 0 fully saturated rings. The molecular formula is C17H26IN3O2. The second-order valence-corrected chi connectivity index (χ2v) is 5.82. The van der Waals surface area contributed by atoms with Crippen LogP contribution < -0.4 is 10.6 Å². The van der Waals surface area contributed by atoms with Gasteiger partial charge in [-0.1, -0.05) is 18.2 Å². The minimum atomic E-state index is -0.226. The number of benzene rings is 1. The van der Waals surface area contributed by atoms with E-state index < -0.39 is 0 Å². The van der Waals surface area contributed by atoms with Crippen molar-refractivity contribution in [1.82, 2.24) is 10.6 Å². The lowest BCUT2D eigenvalue weighted by atomic mass is 10.1. The molecule has 0 spiro atoms. The van der Waals surface area contributed by atoms with Crippen LogP contribution in [0.4, 0.5) is 0 Å². The van der Waals surface area contributed by atoms with Crippen LogP contribution in [0, 0.1) is 0 Å². The van der Waals surface area contributed by atoms with Gasteiger partial charge in [0.25, 0.3) is 0 Å². The van der Waals surface area contributed by atoms with E-state index >= 15 is 0 Å². The molecule has 1 aromatic carbocycles. The summed E-state index contributed by atoms with van der Waals surface area (Å²) in [5, 5.41) is 7.68. The molecule has 0 bridgehead atoms. The van der Waals surface area contributed by atoms with E-state index in [1.807, 2.05) is 32.0 Å². The number of furan rings is 1. The Kier molecular flexibility index (Phi) is 7.84. The second kappa shape index (κ2) is 9.12. The van der Waals surface area contributed by atoms with Crippen LogP contribution in [0.3, 0.4) is 0 Å². The molecule has 0 saturated carbocycles. The van der Waals surface area contributed by atoms with Crippen LogP contribution in [0.2, 0.25) is 0 Å². The molecule has 0 unspecified atom stereocenters. The van der Waals surface area contributed by atoms with Crippen molar-refractivity contribution in [3.05, 3.63) is 36.1 Å². The fourth-order valence-corrected chi connectivity index (χ4v) is 2.05. The van der Waals surface area contributed by atoms with E-state index in [0.29, 0.717) is 6.54 Å². The molecule has 0 atom stereocenters. The summed E-state index contributed by atoms with van der Waals surface area (Å²) in [6, 6.07) is 10.1. The maximum Gasteiger partial charge on any atom is 0.191 e. The van der Waals surface area contributed by atoms with E-state index in [2.05, 4.69) is 27.8 Å². The van der Waals surface area contributed by atoms with Gasteiger partial charge in [-0.25, -0.2) is 0 Å². The Balaban J connectivity index is 0.00000264. The molecule has 1 heterocycles. The monoisotopic (exact) mass is 431 g/mol. The van der Waals surface area contributed by atoms with Crippen LogP contribution in [0.25, 0.3) is 11.0 Å². The highest BCUT2D eigenvalue weighted by Gasteiger charge is 2.16. The molecule has 0 aliphatic rings. The van der Waals surface area contributed by atoms with Crippen molar-refractivity contribution in [2.45, 2.75) is 25.9 Å². The minimum absolute atomic E-state index is 0. The lowest BCUT2D eigenvalue weighted by Crippen LogP contribution is -2.45. The third-order valence-corrected chi connectivity index (χ3v) is 3.60. The molecule has 2 rings (SSSR count). The molecule has 128 valence electrons. The number of guanidine groups is 1. The summed E-state index contributed by atoms with van der Waals surface area (Å²) < 4.78 is 11.2. The molecule has 0 saturated heterocycles. The third kappa shape index (κ3) is 6.02. The van der Waals surface area contributed by atoms with Crippen LogP contribution in [0.5, 0.6) is 0 Å². The molecule has 0 amide bonds. The highest BCUT2D eigenvalue weighted by atomic mass is 127. The van der Waals surface area contributed by atoms with Gasteiger partial charge in [0.2, 0.25) is 0 Å². The van der Waals surface area contributed by atoms with Crippen molar-refractivity contribution < 1.29 is 9.15 Å². The van der Waals surface area contributed by atoms with Gasteiger partial charge in [-0.3, -0.25) is 4.99 Å². The van der Waals surface area contributed by atoms with Crippen LogP contribution in [-0.4, -0.2) is 38.8 Å². The summed E-state index contributed by atoms with van der Waals surface area (Å²) in [5.41, 5.74) is 0.706. The van der Waals surface area contributed by atoms with E-state index in [4.69, 9.17) is 9.15 Å². The number of ether oxygens (including phenoxy) is 1. The highest BCUT2D eigenvalue weighted by molar-refractivity contribution is 14.0. The quantitative estimate of drug-likeness (QED) is 0.419. The maximum absolute atomic E-state index is 5.79. The molecule has 2 N–H and O–H groups in total. The van der Waals surface area contributed by atoms with E-state index in [1.165, 1.54) is 0 Å². The van der Waals surface area contributed by atoms with Crippen molar-refractivity contribution in [3.63, 3.8) is 0 Å². The second-order valence-electron chi connectivity index (χ2n) is 5.82.